The molecule has 4 amide bonds. The number of hydrazone groups is 1. The zero-order valence-corrected chi connectivity index (χ0v) is 21.1. The summed E-state index contributed by atoms with van der Waals surface area (Å²) in [5.74, 6) is 5.71. The number of nitrogens with two attached hydrogens (primary N) is 1. The van der Waals surface area contributed by atoms with E-state index < -0.39 is 6.03 Å². The highest BCUT2D eigenvalue weighted by Gasteiger charge is 2.28. The third-order valence-electron chi connectivity index (χ3n) is 6.59. The van der Waals surface area contributed by atoms with Gasteiger partial charge < -0.3 is 5.32 Å². The number of benzene rings is 3. The molecule has 0 aliphatic carbocycles. The quantitative estimate of drug-likeness (QED) is 0.163. The van der Waals surface area contributed by atoms with Gasteiger partial charge in [0.1, 0.15) is 5.82 Å². The zero-order valence-electron chi connectivity index (χ0n) is 21.1. The first-order chi connectivity index (χ1) is 18.4. The second kappa shape index (κ2) is 10.3. The number of guanidine groups is 1. The van der Waals surface area contributed by atoms with E-state index in [1.807, 2.05) is 54.6 Å². The molecule has 0 spiro atoms. The Kier molecular flexibility index (Phi) is 6.75. The maximum absolute atomic E-state index is 12.5. The molecular formula is C27H28N8O3. The molecule has 0 saturated carbocycles. The van der Waals surface area contributed by atoms with Crippen molar-refractivity contribution < 1.29 is 14.4 Å². The first kappa shape index (κ1) is 24.9. The van der Waals surface area contributed by atoms with Gasteiger partial charge in [0.15, 0.2) is 0 Å². The molecule has 11 nitrogen and oxygen atoms in total. The van der Waals surface area contributed by atoms with Gasteiger partial charge in [-0.05, 0) is 33.2 Å². The highest BCUT2D eigenvalue weighted by Crippen LogP contribution is 2.34. The molecule has 2 heterocycles. The van der Waals surface area contributed by atoms with Crippen molar-refractivity contribution in [2.24, 2.45) is 15.9 Å². The van der Waals surface area contributed by atoms with E-state index in [1.165, 1.54) is 23.8 Å². The summed E-state index contributed by atoms with van der Waals surface area (Å²) < 4.78 is 0. The van der Waals surface area contributed by atoms with Gasteiger partial charge in [0.2, 0.25) is 17.8 Å². The van der Waals surface area contributed by atoms with Crippen molar-refractivity contribution in [1.29, 1.82) is 0 Å². The van der Waals surface area contributed by atoms with E-state index in [0.717, 1.165) is 32.7 Å². The predicted octanol–water partition coefficient (Wildman–Crippen LogP) is 2.18. The van der Waals surface area contributed by atoms with Crippen LogP contribution in [-0.2, 0) is 9.59 Å². The Morgan fingerprint density at radius 3 is 2.13 bits per heavy atom. The number of hydrazine groups is 1. The van der Waals surface area contributed by atoms with E-state index in [0.29, 0.717) is 32.0 Å². The highest BCUT2D eigenvalue weighted by atomic mass is 16.2. The van der Waals surface area contributed by atoms with Crippen LogP contribution in [0.1, 0.15) is 25.0 Å². The minimum atomic E-state index is -0.391. The smallest absolute Gasteiger partial charge is 0.337 e. The van der Waals surface area contributed by atoms with Gasteiger partial charge in [0.25, 0.3) is 0 Å². The Bertz CT molecular complexity index is 1490. The number of urea groups is 1. The molecule has 2 aliphatic rings. The van der Waals surface area contributed by atoms with Gasteiger partial charge in [-0.15, -0.1) is 0 Å². The van der Waals surface area contributed by atoms with Gasteiger partial charge in [-0.1, -0.05) is 48.5 Å². The molecule has 11 heteroatoms. The highest BCUT2D eigenvalue weighted by molar-refractivity contribution is 6.18. The Morgan fingerprint density at radius 2 is 1.58 bits per heavy atom. The van der Waals surface area contributed by atoms with Crippen LogP contribution in [0, 0.1) is 0 Å². The van der Waals surface area contributed by atoms with Crippen LogP contribution in [0.5, 0.6) is 0 Å². The van der Waals surface area contributed by atoms with Crippen molar-refractivity contribution in [3.8, 4) is 0 Å². The molecule has 3 aromatic carbocycles. The van der Waals surface area contributed by atoms with E-state index in [1.54, 1.807) is 11.1 Å². The number of amides is 4. The fourth-order valence-electron chi connectivity index (χ4n) is 4.86. The molecule has 1 saturated heterocycles. The molecular weight excluding hydrogens is 484 g/mol. The summed E-state index contributed by atoms with van der Waals surface area (Å²) >= 11 is 0. The molecule has 4 N–H and O–H groups in total. The van der Waals surface area contributed by atoms with Gasteiger partial charge in [-0.25, -0.2) is 15.6 Å². The number of nitrogens with zero attached hydrogens (tertiary/aromatic N) is 5. The third-order valence-corrected chi connectivity index (χ3v) is 6.59. The van der Waals surface area contributed by atoms with E-state index >= 15 is 0 Å². The molecule has 0 aromatic heterocycles. The lowest BCUT2D eigenvalue weighted by molar-refractivity contribution is -0.127. The average Bonchev–Trinajstić information content (AvgIpc) is 3.59. The van der Waals surface area contributed by atoms with Crippen molar-refractivity contribution in [3.05, 3.63) is 65.5 Å². The van der Waals surface area contributed by atoms with Gasteiger partial charge in [-0.3, -0.25) is 24.8 Å². The van der Waals surface area contributed by atoms with Crippen LogP contribution in [0.25, 0.3) is 27.6 Å². The van der Waals surface area contributed by atoms with Gasteiger partial charge >= 0.3 is 6.03 Å². The van der Waals surface area contributed by atoms with Gasteiger partial charge in [0, 0.05) is 39.0 Å². The molecule has 1 fully saturated rings. The topological polar surface area (TPSA) is 136 Å². The molecule has 5 rings (SSSR count). The second-order valence-corrected chi connectivity index (χ2v) is 8.90. The molecule has 0 bridgehead atoms. The number of nitrogens with one attached hydrogen (secondary N) is 2. The Labute approximate surface area is 219 Å². The molecule has 0 unspecified atom stereocenters. The number of hydrogen-bond donors (Lipinski definition) is 3. The second-order valence-electron chi connectivity index (χ2n) is 8.90. The Hall–Kier alpha value is -4.77. The maximum atomic E-state index is 12.5. The predicted molar refractivity (Wildman–Crippen MR) is 147 cm³/mol. The number of hydrogen-bond acceptors (Lipinski definition) is 7. The first-order valence-electron chi connectivity index (χ1n) is 12.2. The van der Waals surface area contributed by atoms with Crippen LogP contribution in [0.3, 0.4) is 0 Å². The van der Waals surface area contributed by atoms with Crippen LogP contribution in [0.2, 0.25) is 0 Å². The van der Waals surface area contributed by atoms with E-state index in [9.17, 15) is 14.4 Å². The van der Waals surface area contributed by atoms with Gasteiger partial charge in [0.05, 0.1) is 12.8 Å². The summed E-state index contributed by atoms with van der Waals surface area (Å²) in [5, 5.41) is 12.7. The monoisotopic (exact) mass is 512 g/mol. The van der Waals surface area contributed by atoms with E-state index in [2.05, 4.69) is 20.8 Å². The molecule has 3 aromatic rings. The van der Waals surface area contributed by atoms with Gasteiger partial charge in [-0.2, -0.15) is 10.1 Å². The lowest BCUT2D eigenvalue weighted by Gasteiger charge is -2.22. The average molecular weight is 513 g/mol. The Balaban J connectivity index is 1.68. The van der Waals surface area contributed by atoms with Crippen LogP contribution in [-0.4, -0.2) is 71.0 Å². The lowest BCUT2D eigenvalue weighted by Crippen LogP contribution is -2.43. The van der Waals surface area contributed by atoms with Crippen LogP contribution >= 0.6 is 0 Å². The number of carbonyl (C=O) groups is 3. The van der Waals surface area contributed by atoms with Crippen LogP contribution < -0.4 is 16.6 Å². The minimum absolute atomic E-state index is 0.200. The summed E-state index contributed by atoms with van der Waals surface area (Å²) in [5.41, 5.74) is 3.94. The lowest BCUT2D eigenvalue weighted by atomic mass is 9.92. The summed E-state index contributed by atoms with van der Waals surface area (Å²) in [6.45, 7) is 4.76. The molecule has 2 aliphatic heterocycles. The van der Waals surface area contributed by atoms with Crippen molar-refractivity contribution in [1.82, 2.24) is 25.6 Å². The van der Waals surface area contributed by atoms with Crippen molar-refractivity contribution in [3.63, 3.8) is 0 Å². The number of aliphatic imine (C=N–C) groups is 1. The first-order valence-corrected chi connectivity index (χ1v) is 12.2. The van der Waals surface area contributed by atoms with Crippen molar-refractivity contribution in [2.45, 2.75) is 13.8 Å². The van der Waals surface area contributed by atoms with Crippen LogP contribution in [0.15, 0.2) is 64.4 Å². The summed E-state index contributed by atoms with van der Waals surface area (Å²) in [6, 6.07) is 15.4. The van der Waals surface area contributed by atoms with Crippen molar-refractivity contribution in [2.75, 3.05) is 26.2 Å². The maximum Gasteiger partial charge on any atom is 0.337 e. The molecule has 194 valence electrons. The SMILES string of the molecule is CC(=O)N1CCN=C1N(N=Cc1c2ccccc2c(C=C2NCCN2C(=O)NN)c2ccccc12)C(C)=O. The van der Waals surface area contributed by atoms with Crippen LogP contribution in [0.4, 0.5) is 4.79 Å². The molecule has 0 atom stereocenters. The third kappa shape index (κ3) is 4.43. The normalized spacial score (nSPS) is 16.4. The largest absolute Gasteiger partial charge is 0.370 e. The molecule has 38 heavy (non-hydrogen) atoms. The van der Waals surface area contributed by atoms with E-state index in [-0.39, 0.29) is 17.8 Å². The number of fused-ring (bicyclic) bond motifs is 2. The molecule has 0 radical (unpaired) electrons. The Morgan fingerprint density at radius 1 is 0.974 bits per heavy atom. The summed E-state index contributed by atoms with van der Waals surface area (Å²) in [4.78, 5) is 44.3. The standard InChI is InChI=1S/C27H28N8O3/c1-17(36)33-13-12-30-26(33)35(18(2)37)31-16-24-21-9-5-3-7-19(21)23(20-8-4-6-10-22(20)24)15-25-29-11-14-34(25)27(38)32-28/h3-10,15-16,29H,11-14,28H2,1-2H3,(H,32,38). The number of rotatable bonds is 3. The number of carbonyl (C=O) groups excluding carboxylic acids is 3. The fraction of sp³-hybridized carbons (Fsp3) is 0.222. The summed E-state index contributed by atoms with van der Waals surface area (Å²) in [7, 11) is 0. The zero-order chi connectivity index (χ0) is 26.8. The minimum Gasteiger partial charge on any atom is -0.370 e. The van der Waals surface area contributed by atoms with E-state index in [4.69, 9.17) is 5.84 Å². The van der Waals surface area contributed by atoms with Crippen molar-refractivity contribution >= 4 is 57.6 Å². The summed E-state index contributed by atoms with van der Waals surface area (Å²) in [6.07, 6.45) is 3.60. The fourth-order valence-corrected chi connectivity index (χ4v) is 4.86.